The van der Waals surface area contributed by atoms with Gasteiger partial charge in [0, 0.05) is 32.3 Å². The molecule has 104 valence electrons. The smallest absolute Gasteiger partial charge is 0.159 e. The lowest BCUT2D eigenvalue weighted by Gasteiger charge is -2.45. The maximum Gasteiger partial charge on any atom is 0.159 e. The molecule has 0 spiro atoms. The van der Waals surface area contributed by atoms with Crippen LogP contribution in [0.25, 0.3) is 0 Å². The van der Waals surface area contributed by atoms with Crippen molar-refractivity contribution in [3.8, 4) is 0 Å². The fourth-order valence-electron chi connectivity index (χ4n) is 3.11. The van der Waals surface area contributed by atoms with E-state index in [1.807, 2.05) is 6.92 Å². The molecule has 0 amide bonds. The molecule has 3 heterocycles. The van der Waals surface area contributed by atoms with Crippen molar-refractivity contribution in [3.05, 3.63) is 17.6 Å². The van der Waals surface area contributed by atoms with Crippen molar-refractivity contribution in [1.29, 1.82) is 0 Å². The number of aliphatic hydroxyl groups is 1. The highest BCUT2D eigenvalue weighted by Gasteiger charge is 2.41. The SMILES string of the molecule is COC1N(c2ncnc3c2CNC3)CCCC1(C)O. The van der Waals surface area contributed by atoms with E-state index in [2.05, 4.69) is 20.2 Å². The number of fused-ring (bicyclic) bond motifs is 1. The van der Waals surface area contributed by atoms with E-state index in [4.69, 9.17) is 4.74 Å². The summed E-state index contributed by atoms with van der Waals surface area (Å²) in [5.41, 5.74) is 1.32. The third-order valence-electron chi connectivity index (χ3n) is 4.00. The van der Waals surface area contributed by atoms with E-state index in [-0.39, 0.29) is 6.23 Å². The van der Waals surface area contributed by atoms with Crippen LogP contribution in [0.1, 0.15) is 31.0 Å². The van der Waals surface area contributed by atoms with Crippen LogP contribution in [-0.4, -0.2) is 40.6 Å². The maximum absolute atomic E-state index is 10.5. The molecule has 0 radical (unpaired) electrons. The predicted molar refractivity (Wildman–Crippen MR) is 70.6 cm³/mol. The lowest BCUT2D eigenvalue weighted by molar-refractivity contribution is -0.0992. The maximum atomic E-state index is 10.5. The number of nitrogens with zero attached hydrogens (tertiary/aromatic N) is 3. The summed E-state index contributed by atoms with van der Waals surface area (Å²) in [6, 6.07) is 0. The molecule has 1 fully saturated rings. The van der Waals surface area contributed by atoms with Gasteiger partial charge < -0.3 is 20.1 Å². The molecule has 3 rings (SSSR count). The first-order valence-corrected chi connectivity index (χ1v) is 6.69. The number of hydrogen-bond acceptors (Lipinski definition) is 6. The fourth-order valence-corrected chi connectivity index (χ4v) is 3.11. The van der Waals surface area contributed by atoms with Crippen LogP contribution in [0, 0.1) is 0 Å². The lowest BCUT2D eigenvalue weighted by Crippen LogP contribution is -2.57. The van der Waals surface area contributed by atoms with Gasteiger partial charge in [-0.25, -0.2) is 9.97 Å². The largest absolute Gasteiger partial charge is 0.385 e. The second-order valence-corrected chi connectivity index (χ2v) is 5.47. The van der Waals surface area contributed by atoms with Crippen molar-refractivity contribution < 1.29 is 9.84 Å². The zero-order valence-corrected chi connectivity index (χ0v) is 11.4. The first kappa shape index (κ1) is 12.8. The molecule has 1 aromatic rings. The van der Waals surface area contributed by atoms with E-state index in [0.29, 0.717) is 0 Å². The van der Waals surface area contributed by atoms with Crippen molar-refractivity contribution in [3.63, 3.8) is 0 Å². The average Bonchev–Trinajstić information content (AvgIpc) is 2.85. The van der Waals surface area contributed by atoms with Gasteiger partial charge in [0.25, 0.3) is 0 Å². The molecule has 2 atom stereocenters. The summed E-state index contributed by atoms with van der Waals surface area (Å²) in [6.07, 6.45) is 2.91. The highest BCUT2D eigenvalue weighted by Crippen LogP contribution is 2.34. The quantitative estimate of drug-likeness (QED) is 0.806. The lowest BCUT2D eigenvalue weighted by atomic mass is 9.92. The molecule has 19 heavy (non-hydrogen) atoms. The van der Waals surface area contributed by atoms with Gasteiger partial charge in [-0.1, -0.05) is 0 Å². The average molecular weight is 264 g/mol. The highest BCUT2D eigenvalue weighted by molar-refractivity contribution is 5.51. The summed E-state index contributed by atoms with van der Waals surface area (Å²) in [6.45, 7) is 4.23. The molecule has 2 unspecified atom stereocenters. The minimum Gasteiger partial charge on any atom is -0.385 e. The second-order valence-electron chi connectivity index (χ2n) is 5.47. The van der Waals surface area contributed by atoms with Gasteiger partial charge in [0.1, 0.15) is 17.7 Å². The highest BCUT2D eigenvalue weighted by atomic mass is 16.5. The number of methoxy groups -OCH3 is 1. The number of hydrogen-bond donors (Lipinski definition) is 2. The van der Waals surface area contributed by atoms with Crippen molar-refractivity contribution in [2.75, 3.05) is 18.6 Å². The molecule has 0 bridgehead atoms. The van der Waals surface area contributed by atoms with Gasteiger partial charge in [-0.2, -0.15) is 0 Å². The van der Waals surface area contributed by atoms with Crippen LogP contribution in [-0.2, 0) is 17.8 Å². The Morgan fingerprint density at radius 2 is 2.32 bits per heavy atom. The van der Waals surface area contributed by atoms with Crippen LogP contribution < -0.4 is 10.2 Å². The monoisotopic (exact) mass is 264 g/mol. The Morgan fingerprint density at radius 3 is 3.11 bits per heavy atom. The Kier molecular flexibility index (Phi) is 3.16. The first-order valence-electron chi connectivity index (χ1n) is 6.69. The zero-order valence-electron chi connectivity index (χ0n) is 11.4. The number of ether oxygens (including phenoxy) is 1. The summed E-state index contributed by atoms with van der Waals surface area (Å²) in [4.78, 5) is 10.8. The van der Waals surface area contributed by atoms with Gasteiger partial charge in [-0.05, 0) is 19.8 Å². The number of anilines is 1. The number of piperidine rings is 1. The standard InChI is InChI=1S/C13H20N4O2/c1-13(18)4-3-5-17(12(13)19-2)11-9-6-14-7-10(9)15-8-16-11/h8,12,14,18H,3-7H2,1-2H3. The Bertz CT molecular complexity index is 478. The van der Waals surface area contributed by atoms with Crippen LogP contribution in [0.3, 0.4) is 0 Å². The number of nitrogens with one attached hydrogen (secondary N) is 1. The fraction of sp³-hybridized carbons (Fsp3) is 0.692. The Morgan fingerprint density at radius 1 is 1.47 bits per heavy atom. The van der Waals surface area contributed by atoms with Crippen LogP contribution in [0.4, 0.5) is 5.82 Å². The molecule has 2 N–H and O–H groups in total. The number of rotatable bonds is 2. The summed E-state index contributed by atoms with van der Waals surface area (Å²) in [5, 5.41) is 13.8. The third-order valence-corrected chi connectivity index (χ3v) is 4.00. The van der Waals surface area contributed by atoms with E-state index in [0.717, 1.165) is 49.6 Å². The Labute approximate surface area is 112 Å². The second kappa shape index (κ2) is 4.70. The topological polar surface area (TPSA) is 70.5 Å². The molecular weight excluding hydrogens is 244 g/mol. The minimum absolute atomic E-state index is 0.360. The van der Waals surface area contributed by atoms with E-state index in [9.17, 15) is 5.11 Å². The van der Waals surface area contributed by atoms with Gasteiger partial charge in [0.2, 0.25) is 0 Å². The molecule has 1 saturated heterocycles. The van der Waals surface area contributed by atoms with Gasteiger partial charge >= 0.3 is 0 Å². The van der Waals surface area contributed by atoms with Gasteiger partial charge in [0.15, 0.2) is 6.23 Å². The Hall–Kier alpha value is -1.24. The molecule has 6 nitrogen and oxygen atoms in total. The van der Waals surface area contributed by atoms with Crippen LogP contribution in [0.15, 0.2) is 6.33 Å². The molecule has 0 saturated carbocycles. The summed E-state index contributed by atoms with van der Waals surface area (Å²) in [5.74, 6) is 0.891. The summed E-state index contributed by atoms with van der Waals surface area (Å²) >= 11 is 0. The van der Waals surface area contributed by atoms with Gasteiger partial charge in [-0.3, -0.25) is 0 Å². The van der Waals surface area contributed by atoms with E-state index >= 15 is 0 Å². The molecule has 2 aliphatic heterocycles. The number of aromatic nitrogens is 2. The van der Waals surface area contributed by atoms with E-state index in [1.54, 1.807) is 13.4 Å². The van der Waals surface area contributed by atoms with Crippen LogP contribution in [0.2, 0.25) is 0 Å². The van der Waals surface area contributed by atoms with Crippen LogP contribution >= 0.6 is 0 Å². The minimum atomic E-state index is -0.850. The summed E-state index contributed by atoms with van der Waals surface area (Å²) < 4.78 is 5.53. The first-order chi connectivity index (χ1) is 9.13. The molecule has 2 aliphatic rings. The molecule has 0 aromatic carbocycles. The molecule has 0 aliphatic carbocycles. The normalized spacial score (nSPS) is 30.5. The third kappa shape index (κ3) is 2.09. The van der Waals surface area contributed by atoms with E-state index in [1.165, 1.54) is 0 Å². The van der Waals surface area contributed by atoms with Gasteiger partial charge in [-0.15, -0.1) is 0 Å². The Balaban J connectivity index is 1.99. The van der Waals surface area contributed by atoms with Crippen molar-refractivity contribution in [2.45, 2.75) is 44.7 Å². The zero-order chi connectivity index (χ0) is 13.5. The predicted octanol–water partition coefficient (Wildman–Crippen LogP) is 0.403. The summed E-state index contributed by atoms with van der Waals surface area (Å²) in [7, 11) is 1.64. The molecule has 6 heteroatoms. The van der Waals surface area contributed by atoms with Crippen molar-refractivity contribution in [1.82, 2.24) is 15.3 Å². The van der Waals surface area contributed by atoms with Crippen molar-refractivity contribution in [2.24, 2.45) is 0 Å². The van der Waals surface area contributed by atoms with Crippen LogP contribution in [0.5, 0.6) is 0 Å². The van der Waals surface area contributed by atoms with E-state index < -0.39 is 5.60 Å². The van der Waals surface area contributed by atoms with Crippen molar-refractivity contribution >= 4 is 5.82 Å². The molecular formula is C13H20N4O2. The van der Waals surface area contributed by atoms with Gasteiger partial charge in [0.05, 0.1) is 5.69 Å². The molecule has 1 aromatic heterocycles.